The Balaban J connectivity index is 1.59. The molecular weight excluding hydrogens is 386 g/mol. The SMILES string of the molecule is Cc1ccc(NC(=O)c2cccc(C(C)(C)C#N)c2)cc1N1Cc2ccccc2C1=O. The van der Waals surface area contributed by atoms with Gasteiger partial charge in [-0.05, 0) is 67.8 Å². The average molecular weight is 409 g/mol. The van der Waals surface area contributed by atoms with Crippen LogP contribution in [-0.2, 0) is 12.0 Å². The Morgan fingerprint density at radius 1 is 1.06 bits per heavy atom. The molecule has 0 spiro atoms. The van der Waals surface area contributed by atoms with Crippen molar-refractivity contribution in [2.24, 2.45) is 0 Å². The number of benzene rings is 3. The Kier molecular flexibility index (Phi) is 5.08. The summed E-state index contributed by atoms with van der Waals surface area (Å²) >= 11 is 0. The highest BCUT2D eigenvalue weighted by Gasteiger charge is 2.29. The normalized spacial score (nSPS) is 13.0. The van der Waals surface area contributed by atoms with Crippen molar-refractivity contribution >= 4 is 23.2 Å². The van der Waals surface area contributed by atoms with E-state index in [4.69, 9.17) is 0 Å². The lowest BCUT2D eigenvalue weighted by Gasteiger charge is -2.20. The zero-order chi connectivity index (χ0) is 22.2. The lowest BCUT2D eigenvalue weighted by atomic mass is 9.85. The maximum absolute atomic E-state index is 12.9. The molecule has 0 unspecified atom stereocenters. The van der Waals surface area contributed by atoms with Crippen LogP contribution >= 0.6 is 0 Å². The van der Waals surface area contributed by atoms with Gasteiger partial charge in [-0.15, -0.1) is 0 Å². The van der Waals surface area contributed by atoms with Crippen molar-refractivity contribution in [3.8, 4) is 6.07 Å². The number of nitrogens with one attached hydrogen (secondary N) is 1. The molecule has 0 radical (unpaired) electrons. The van der Waals surface area contributed by atoms with Crippen molar-refractivity contribution in [1.82, 2.24) is 0 Å². The second kappa shape index (κ2) is 7.73. The molecule has 4 rings (SSSR count). The molecule has 3 aromatic carbocycles. The van der Waals surface area contributed by atoms with Gasteiger partial charge in [0.25, 0.3) is 11.8 Å². The fourth-order valence-corrected chi connectivity index (χ4v) is 3.74. The molecule has 0 fully saturated rings. The van der Waals surface area contributed by atoms with Crippen molar-refractivity contribution in [3.05, 3.63) is 94.5 Å². The lowest BCUT2D eigenvalue weighted by molar-refractivity contribution is 0.0994. The minimum absolute atomic E-state index is 0.0337. The zero-order valence-electron chi connectivity index (χ0n) is 17.8. The Bertz CT molecular complexity index is 1240. The van der Waals surface area contributed by atoms with Crippen molar-refractivity contribution < 1.29 is 9.59 Å². The minimum Gasteiger partial charge on any atom is -0.322 e. The number of amides is 2. The largest absolute Gasteiger partial charge is 0.322 e. The Morgan fingerprint density at radius 2 is 1.84 bits per heavy atom. The van der Waals surface area contributed by atoms with E-state index in [1.165, 1.54) is 0 Å². The van der Waals surface area contributed by atoms with Crippen molar-refractivity contribution in [2.45, 2.75) is 32.7 Å². The van der Waals surface area contributed by atoms with Gasteiger partial charge in [0.1, 0.15) is 0 Å². The van der Waals surface area contributed by atoms with E-state index in [2.05, 4.69) is 11.4 Å². The van der Waals surface area contributed by atoms with Gasteiger partial charge in [-0.3, -0.25) is 9.59 Å². The predicted molar refractivity (Wildman–Crippen MR) is 121 cm³/mol. The van der Waals surface area contributed by atoms with E-state index in [0.29, 0.717) is 23.4 Å². The highest BCUT2D eigenvalue weighted by atomic mass is 16.2. The van der Waals surface area contributed by atoms with Crippen LogP contribution in [0, 0.1) is 18.3 Å². The van der Waals surface area contributed by atoms with E-state index in [9.17, 15) is 14.9 Å². The smallest absolute Gasteiger partial charge is 0.258 e. The number of fused-ring (bicyclic) bond motifs is 1. The third-order valence-corrected chi connectivity index (χ3v) is 5.71. The van der Waals surface area contributed by atoms with Crippen LogP contribution in [0.15, 0.2) is 66.7 Å². The molecule has 1 aliphatic rings. The molecule has 154 valence electrons. The van der Waals surface area contributed by atoms with Gasteiger partial charge in [-0.1, -0.05) is 36.4 Å². The van der Waals surface area contributed by atoms with Gasteiger partial charge in [0, 0.05) is 22.5 Å². The monoisotopic (exact) mass is 409 g/mol. The molecule has 1 N–H and O–H groups in total. The molecule has 2 amide bonds. The third kappa shape index (κ3) is 3.80. The van der Waals surface area contributed by atoms with Gasteiger partial charge in [0.2, 0.25) is 0 Å². The quantitative estimate of drug-likeness (QED) is 0.643. The summed E-state index contributed by atoms with van der Waals surface area (Å²) in [4.78, 5) is 27.5. The van der Waals surface area contributed by atoms with Crippen LogP contribution in [0.3, 0.4) is 0 Å². The standard InChI is InChI=1S/C26H23N3O2/c1-17-11-12-21(14-23(17)29-15-19-7-4-5-10-22(19)25(29)31)28-24(30)18-8-6-9-20(13-18)26(2,3)16-27/h4-14H,15H2,1-3H3,(H,28,30). The Morgan fingerprint density at radius 3 is 2.58 bits per heavy atom. The second-order valence-electron chi connectivity index (χ2n) is 8.32. The topological polar surface area (TPSA) is 73.2 Å². The molecule has 0 atom stereocenters. The van der Waals surface area contributed by atoms with Gasteiger partial charge in [-0.25, -0.2) is 0 Å². The summed E-state index contributed by atoms with van der Waals surface area (Å²) in [6.45, 7) is 6.10. The summed E-state index contributed by atoms with van der Waals surface area (Å²) in [5, 5.41) is 12.3. The number of nitrogens with zero attached hydrogens (tertiary/aromatic N) is 2. The van der Waals surface area contributed by atoms with Crippen LogP contribution in [0.25, 0.3) is 0 Å². The molecule has 1 aliphatic heterocycles. The highest BCUT2D eigenvalue weighted by Crippen LogP contribution is 2.32. The van der Waals surface area contributed by atoms with Crippen molar-refractivity contribution in [3.63, 3.8) is 0 Å². The van der Waals surface area contributed by atoms with E-state index in [1.54, 1.807) is 23.1 Å². The number of anilines is 2. The van der Waals surface area contributed by atoms with Crippen LogP contribution < -0.4 is 10.2 Å². The van der Waals surface area contributed by atoms with Crippen LogP contribution in [0.1, 0.15) is 51.3 Å². The first kappa shape index (κ1) is 20.4. The molecule has 1 heterocycles. The zero-order valence-corrected chi connectivity index (χ0v) is 17.8. The van der Waals surface area contributed by atoms with E-state index in [-0.39, 0.29) is 11.8 Å². The average Bonchev–Trinajstić information content (AvgIpc) is 3.11. The first-order valence-electron chi connectivity index (χ1n) is 10.1. The predicted octanol–water partition coefficient (Wildman–Crippen LogP) is 5.21. The molecule has 3 aromatic rings. The van der Waals surface area contributed by atoms with Crippen molar-refractivity contribution in [1.29, 1.82) is 5.26 Å². The first-order chi connectivity index (χ1) is 14.8. The first-order valence-corrected chi connectivity index (χ1v) is 10.1. The van der Waals surface area contributed by atoms with Crippen molar-refractivity contribution in [2.75, 3.05) is 10.2 Å². The van der Waals surface area contributed by atoms with Crippen LogP contribution in [-0.4, -0.2) is 11.8 Å². The number of aryl methyl sites for hydroxylation is 1. The highest BCUT2D eigenvalue weighted by molar-refractivity contribution is 6.11. The molecule has 5 nitrogen and oxygen atoms in total. The van der Waals surface area contributed by atoms with E-state index >= 15 is 0 Å². The fourth-order valence-electron chi connectivity index (χ4n) is 3.74. The second-order valence-corrected chi connectivity index (χ2v) is 8.32. The van der Waals surface area contributed by atoms with Crippen LogP contribution in [0.2, 0.25) is 0 Å². The van der Waals surface area contributed by atoms with Gasteiger partial charge in [0.15, 0.2) is 0 Å². The maximum atomic E-state index is 12.9. The number of carbonyl (C=O) groups is 2. The molecule has 0 aromatic heterocycles. The van der Waals surface area contributed by atoms with Gasteiger partial charge < -0.3 is 10.2 Å². The number of hydrogen-bond donors (Lipinski definition) is 1. The molecule has 0 saturated heterocycles. The van der Waals surface area contributed by atoms with E-state index < -0.39 is 5.41 Å². The summed E-state index contributed by atoms with van der Waals surface area (Å²) in [5.74, 6) is -0.296. The lowest BCUT2D eigenvalue weighted by Crippen LogP contribution is -2.24. The summed E-state index contributed by atoms with van der Waals surface area (Å²) in [7, 11) is 0. The van der Waals surface area contributed by atoms with Crippen LogP contribution in [0.5, 0.6) is 0 Å². The summed E-state index contributed by atoms with van der Waals surface area (Å²) in [6, 6.07) is 22.5. The molecular formula is C26H23N3O2. The number of rotatable bonds is 4. The van der Waals surface area contributed by atoms with E-state index in [0.717, 1.165) is 22.4 Å². The summed E-state index contributed by atoms with van der Waals surface area (Å²) in [6.07, 6.45) is 0. The molecule has 0 saturated carbocycles. The summed E-state index contributed by atoms with van der Waals surface area (Å²) < 4.78 is 0. The minimum atomic E-state index is -0.682. The third-order valence-electron chi connectivity index (χ3n) is 5.71. The van der Waals surface area contributed by atoms with Crippen LogP contribution in [0.4, 0.5) is 11.4 Å². The molecule has 0 bridgehead atoms. The molecule has 0 aliphatic carbocycles. The fraction of sp³-hybridized carbons (Fsp3) is 0.192. The van der Waals surface area contributed by atoms with Gasteiger partial charge in [-0.2, -0.15) is 5.26 Å². The summed E-state index contributed by atoms with van der Waals surface area (Å²) in [5.41, 5.74) is 4.64. The molecule has 31 heavy (non-hydrogen) atoms. The number of carbonyl (C=O) groups excluding carboxylic acids is 2. The maximum Gasteiger partial charge on any atom is 0.258 e. The Hall–Kier alpha value is -3.91. The number of hydrogen-bond acceptors (Lipinski definition) is 3. The van der Waals surface area contributed by atoms with Gasteiger partial charge in [0.05, 0.1) is 18.0 Å². The Labute approximate surface area is 181 Å². The molecule has 5 heteroatoms. The number of nitriles is 1. The van der Waals surface area contributed by atoms with Gasteiger partial charge >= 0.3 is 0 Å². The van der Waals surface area contributed by atoms with E-state index in [1.807, 2.05) is 69.3 Å².